The third kappa shape index (κ3) is 3.94. The van der Waals surface area contributed by atoms with E-state index >= 15 is 0 Å². The van der Waals surface area contributed by atoms with E-state index in [2.05, 4.69) is 4.72 Å². The van der Waals surface area contributed by atoms with Crippen molar-refractivity contribution in [3.8, 4) is 0 Å². The molecule has 0 bridgehead atoms. The van der Waals surface area contributed by atoms with Crippen molar-refractivity contribution in [3.63, 3.8) is 0 Å². The maximum Gasteiger partial charge on any atom is 0.212 e. The first-order chi connectivity index (χ1) is 7.44. The van der Waals surface area contributed by atoms with E-state index in [1.807, 2.05) is 45.0 Å². The fourth-order valence-corrected chi connectivity index (χ4v) is 2.93. The molecule has 0 aliphatic rings. The van der Waals surface area contributed by atoms with E-state index < -0.39 is 10.0 Å². The van der Waals surface area contributed by atoms with E-state index in [0.717, 1.165) is 11.1 Å². The van der Waals surface area contributed by atoms with Crippen LogP contribution >= 0.6 is 0 Å². The van der Waals surface area contributed by atoms with Gasteiger partial charge in [0, 0.05) is 6.04 Å². The normalized spacial score (nSPS) is 13.7. The molecule has 1 atom stereocenters. The highest BCUT2D eigenvalue weighted by Gasteiger charge is 2.14. The van der Waals surface area contributed by atoms with Crippen LogP contribution in [0.2, 0.25) is 0 Å². The molecule has 1 aromatic carbocycles. The van der Waals surface area contributed by atoms with Crippen LogP contribution in [0.25, 0.3) is 0 Å². The second kappa shape index (κ2) is 5.46. The first kappa shape index (κ1) is 13.2. The molecule has 0 radical (unpaired) electrons. The van der Waals surface area contributed by atoms with E-state index in [4.69, 9.17) is 0 Å². The van der Waals surface area contributed by atoms with Crippen molar-refractivity contribution in [1.29, 1.82) is 0 Å². The average molecular weight is 241 g/mol. The summed E-state index contributed by atoms with van der Waals surface area (Å²) in [5, 5.41) is 0. The molecule has 0 saturated carbocycles. The molecule has 1 aromatic rings. The second-order valence-electron chi connectivity index (χ2n) is 4.07. The fourth-order valence-electron chi connectivity index (χ4n) is 1.60. The molecule has 0 aliphatic heterocycles. The summed E-state index contributed by atoms with van der Waals surface area (Å²) < 4.78 is 25.8. The average Bonchev–Trinajstić information content (AvgIpc) is 2.16. The van der Waals surface area contributed by atoms with Crippen LogP contribution in [0.3, 0.4) is 0 Å². The lowest BCUT2D eigenvalue weighted by Gasteiger charge is -2.14. The molecule has 0 aromatic heterocycles. The number of rotatable bonds is 5. The molecular weight excluding hydrogens is 222 g/mol. The van der Waals surface area contributed by atoms with Gasteiger partial charge in [0.1, 0.15) is 0 Å². The summed E-state index contributed by atoms with van der Waals surface area (Å²) in [6.07, 6.45) is 0.635. The predicted molar refractivity (Wildman–Crippen MR) is 66.8 cm³/mol. The van der Waals surface area contributed by atoms with Crippen LogP contribution in [0.5, 0.6) is 0 Å². The van der Waals surface area contributed by atoms with Crippen molar-refractivity contribution in [1.82, 2.24) is 4.72 Å². The van der Waals surface area contributed by atoms with Crippen LogP contribution < -0.4 is 4.72 Å². The molecule has 1 N–H and O–H groups in total. The van der Waals surface area contributed by atoms with E-state index in [1.165, 1.54) is 0 Å². The number of benzene rings is 1. The van der Waals surface area contributed by atoms with Crippen LogP contribution in [-0.4, -0.2) is 14.2 Å². The van der Waals surface area contributed by atoms with Crippen LogP contribution in [0.4, 0.5) is 0 Å². The minimum absolute atomic E-state index is 0.170. The monoisotopic (exact) mass is 241 g/mol. The van der Waals surface area contributed by atoms with Gasteiger partial charge in [0.15, 0.2) is 0 Å². The minimum Gasteiger partial charge on any atom is -0.212 e. The fraction of sp³-hybridized carbons (Fsp3) is 0.500. The molecule has 0 aliphatic carbocycles. The van der Waals surface area contributed by atoms with Crippen LogP contribution in [0, 0.1) is 6.92 Å². The zero-order valence-corrected chi connectivity index (χ0v) is 10.8. The molecule has 0 fully saturated rings. The summed E-state index contributed by atoms with van der Waals surface area (Å²) in [6, 6.07) is 7.70. The van der Waals surface area contributed by atoms with Crippen LogP contribution in [-0.2, 0) is 10.0 Å². The molecule has 0 amide bonds. The topological polar surface area (TPSA) is 46.2 Å². The number of sulfonamides is 1. The van der Waals surface area contributed by atoms with Gasteiger partial charge in [-0.3, -0.25) is 0 Å². The largest absolute Gasteiger partial charge is 0.212 e. The highest BCUT2D eigenvalue weighted by Crippen LogP contribution is 2.14. The Morgan fingerprint density at radius 3 is 2.62 bits per heavy atom. The molecule has 0 saturated heterocycles. The third-order valence-electron chi connectivity index (χ3n) is 2.37. The van der Waals surface area contributed by atoms with Gasteiger partial charge in [0.25, 0.3) is 0 Å². The molecule has 0 spiro atoms. The summed E-state index contributed by atoms with van der Waals surface area (Å²) in [6.45, 7) is 5.72. The highest BCUT2D eigenvalue weighted by atomic mass is 32.2. The summed E-state index contributed by atoms with van der Waals surface area (Å²) in [4.78, 5) is 0. The first-order valence-electron chi connectivity index (χ1n) is 5.51. The quantitative estimate of drug-likeness (QED) is 0.860. The van der Waals surface area contributed by atoms with E-state index in [1.54, 1.807) is 0 Å². The molecule has 0 unspecified atom stereocenters. The van der Waals surface area contributed by atoms with Crippen molar-refractivity contribution in [2.24, 2.45) is 0 Å². The Balaban J connectivity index is 2.76. The predicted octanol–water partition coefficient (Wildman–Crippen LogP) is 2.39. The van der Waals surface area contributed by atoms with Gasteiger partial charge in [-0.25, -0.2) is 13.1 Å². The van der Waals surface area contributed by atoms with Gasteiger partial charge in [0.2, 0.25) is 10.0 Å². The Morgan fingerprint density at radius 1 is 1.38 bits per heavy atom. The Morgan fingerprint density at radius 2 is 2.06 bits per heavy atom. The molecule has 1 rings (SSSR count). The molecule has 3 nitrogen and oxygen atoms in total. The van der Waals surface area contributed by atoms with Gasteiger partial charge in [-0.1, -0.05) is 36.8 Å². The Hall–Kier alpha value is -0.870. The second-order valence-corrected chi connectivity index (χ2v) is 5.95. The van der Waals surface area contributed by atoms with Crippen LogP contribution in [0.1, 0.15) is 37.4 Å². The standard InChI is InChI=1S/C12H19NO2S/c1-4-8-16(14,15)13-11(3)12-7-5-6-10(2)9-12/h5-7,9,11,13H,4,8H2,1-3H3/t11-/m0/s1. The van der Waals surface area contributed by atoms with Crippen molar-refractivity contribution in [2.75, 3.05) is 5.75 Å². The molecule has 4 heteroatoms. The smallest absolute Gasteiger partial charge is 0.212 e. The maximum atomic E-state index is 11.6. The highest BCUT2D eigenvalue weighted by molar-refractivity contribution is 7.89. The van der Waals surface area contributed by atoms with Gasteiger partial charge >= 0.3 is 0 Å². The summed E-state index contributed by atoms with van der Waals surface area (Å²) >= 11 is 0. The van der Waals surface area contributed by atoms with Gasteiger partial charge in [-0.2, -0.15) is 0 Å². The molecule has 90 valence electrons. The summed E-state index contributed by atoms with van der Waals surface area (Å²) in [5.74, 6) is 0.184. The Kier molecular flexibility index (Phi) is 4.50. The Bertz CT molecular complexity index is 440. The minimum atomic E-state index is -3.14. The number of nitrogens with one attached hydrogen (secondary N) is 1. The van der Waals surface area contributed by atoms with Gasteiger partial charge in [0.05, 0.1) is 5.75 Å². The van der Waals surface area contributed by atoms with E-state index in [-0.39, 0.29) is 11.8 Å². The zero-order valence-electron chi connectivity index (χ0n) is 10.0. The Labute approximate surface area is 97.9 Å². The van der Waals surface area contributed by atoms with Gasteiger partial charge in [-0.05, 0) is 25.8 Å². The number of hydrogen-bond acceptors (Lipinski definition) is 2. The lowest BCUT2D eigenvalue weighted by atomic mass is 10.1. The first-order valence-corrected chi connectivity index (χ1v) is 7.16. The van der Waals surface area contributed by atoms with E-state index in [9.17, 15) is 8.42 Å². The summed E-state index contributed by atoms with van der Waals surface area (Å²) in [5.41, 5.74) is 2.14. The number of hydrogen-bond donors (Lipinski definition) is 1. The van der Waals surface area contributed by atoms with Crippen molar-refractivity contribution in [2.45, 2.75) is 33.2 Å². The SMILES string of the molecule is CCCS(=O)(=O)N[C@@H](C)c1cccc(C)c1. The molecule has 16 heavy (non-hydrogen) atoms. The molecular formula is C12H19NO2S. The van der Waals surface area contributed by atoms with Gasteiger partial charge < -0.3 is 0 Å². The van der Waals surface area contributed by atoms with Crippen molar-refractivity contribution < 1.29 is 8.42 Å². The lowest BCUT2D eigenvalue weighted by Crippen LogP contribution is -2.28. The van der Waals surface area contributed by atoms with Crippen molar-refractivity contribution >= 4 is 10.0 Å². The zero-order chi connectivity index (χ0) is 12.2. The summed E-state index contributed by atoms with van der Waals surface area (Å²) in [7, 11) is -3.14. The third-order valence-corrected chi connectivity index (χ3v) is 4.03. The van der Waals surface area contributed by atoms with E-state index in [0.29, 0.717) is 6.42 Å². The maximum absolute atomic E-state index is 11.6. The van der Waals surface area contributed by atoms with Gasteiger partial charge in [-0.15, -0.1) is 0 Å². The van der Waals surface area contributed by atoms with Crippen molar-refractivity contribution in [3.05, 3.63) is 35.4 Å². The van der Waals surface area contributed by atoms with Crippen LogP contribution in [0.15, 0.2) is 24.3 Å². The molecule has 0 heterocycles. The number of aryl methyl sites for hydroxylation is 1. The lowest BCUT2D eigenvalue weighted by molar-refractivity contribution is 0.565.